The van der Waals surface area contributed by atoms with E-state index in [9.17, 15) is 9.59 Å². The van der Waals surface area contributed by atoms with Crippen molar-refractivity contribution in [3.05, 3.63) is 59.7 Å². The molecule has 0 saturated heterocycles. The number of methoxy groups -OCH3 is 4. The summed E-state index contributed by atoms with van der Waals surface area (Å²) in [6, 6.07) is 13.0. The zero-order valence-corrected chi connectivity index (χ0v) is 21.1. The van der Waals surface area contributed by atoms with Crippen LogP contribution in [0.1, 0.15) is 22.0 Å². The molecule has 0 bridgehead atoms. The fourth-order valence-electron chi connectivity index (χ4n) is 4.28. The number of ketones is 1. The number of anilines is 1. The summed E-state index contributed by atoms with van der Waals surface area (Å²) in [6.45, 7) is 0.0837. The summed E-state index contributed by atoms with van der Waals surface area (Å²) >= 11 is 0. The Hall–Kier alpha value is -4.80. The third kappa shape index (κ3) is 4.54. The first-order valence-corrected chi connectivity index (χ1v) is 11.5. The smallest absolute Gasteiger partial charge is 0.412 e. The number of nitrogens with one attached hydrogen (secondary N) is 1. The summed E-state index contributed by atoms with van der Waals surface area (Å²) in [5.74, 6) is 2.48. The van der Waals surface area contributed by atoms with Gasteiger partial charge in [-0.2, -0.15) is 0 Å². The highest BCUT2D eigenvalue weighted by Gasteiger charge is 2.42. The Labute approximate surface area is 218 Å². The second-order valence-corrected chi connectivity index (χ2v) is 8.24. The molecule has 0 unspecified atom stereocenters. The normalized spacial score (nSPS) is 17.1. The number of ether oxygens (including phenoxy) is 8. The van der Waals surface area contributed by atoms with E-state index in [2.05, 4.69) is 5.32 Å². The van der Waals surface area contributed by atoms with Crippen molar-refractivity contribution in [3.8, 4) is 40.2 Å². The first kappa shape index (κ1) is 24.9. The largest absolute Gasteiger partial charge is 0.497 e. The number of Topliss-reactive ketones (excluding diaryl/α,β-unsaturated/α-hetero) is 1. The Kier molecular flexibility index (Phi) is 6.73. The van der Waals surface area contributed by atoms with Gasteiger partial charge >= 0.3 is 6.09 Å². The maximum atomic E-state index is 13.6. The molecule has 2 aliphatic heterocycles. The molecule has 0 aliphatic carbocycles. The lowest BCUT2D eigenvalue weighted by Gasteiger charge is -2.32. The Morgan fingerprint density at radius 1 is 0.842 bits per heavy atom. The summed E-state index contributed by atoms with van der Waals surface area (Å²) in [7, 11) is 5.90. The van der Waals surface area contributed by atoms with Crippen molar-refractivity contribution >= 4 is 17.6 Å². The first-order chi connectivity index (χ1) is 18.4. The Balaban J connectivity index is 1.46. The minimum Gasteiger partial charge on any atom is -0.497 e. The maximum absolute atomic E-state index is 13.6. The van der Waals surface area contributed by atoms with Crippen LogP contribution in [0.2, 0.25) is 0 Å². The molecule has 0 aromatic heterocycles. The Bertz CT molecular complexity index is 1360. The van der Waals surface area contributed by atoms with Gasteiger partial charge in [0.25, 0.3) is 0 Å². The van der Waals surface area contributed by atoms with Gasteiger partial charge in [0, 0.05) is 23.8 Å². The predicted octanol–water partition coefficient (Wildman–Crippen LogP) is 4.38. The van der Waals surface area contributed by atoms with Gasteiger partial charge < -0.3 is 37.9 Å². The van der Waals surface area contributed by atoms with Crippen molar-refractivity contribution in [3.63, 3.8) is 0 Å². The van der Waals surface area contributed by atoms with E-state index in [1.165, 1.54) is 28.4 Å². The second kappa shape index (κ2) is 10.3. The molecule has 1 N–H and O–H groups in total. The third-order valence-corrected chi connectivity index (χ3v) is 6.11. The van der Waals surface area contributed by atoms with Crippen molar-refractivity contribution in [2.75, 3.05) is 40.5 Å². The highest BCUT2D eigenvalue weighted by Crippen LogP contribution is 2.43. The second-order valence-electron chi connectivity index (χ2n) is 8.24. The average molecular weight is 523 g/mol. The standard InChI is InChI=1S/C27H25NO10/c1-31-16-6-7-17-19(12-16)37-24(14-5-8-18-20(9-14)36-13-35-18)26(23(17)29)38-27(30)28-15-10-21(32-2)25(34-4)22(11-15)33-3/h5-12,24,26H,13H2,1-4H3,(H,28,30)/t24-,26+/m1/s1. The number of carbonyl (C=O) groups excluding carboxylic acids is 2. The van der Waals surface area contributed by atoms with Crippen LogP contribution >= 0.6 is 0 Å². The van der Waals surface area contributed by atoms with Crippen LogP contribution in [0.3, 0.4) is 0 Å². The number of amides is 1. The molecule has 1 amide bonds. The Morgan fingerprint density at radius 3 is 2.26 bits per heavy atom. The van der Waals surface area contributed by atoms with Gasteiger partial charge in [0.05, 0.1) is 39.7 Å². The summed E-state index contributed by atoms with van der Waals surface area (Å²) in [6.07, 6.45) is -3.16. The molecule has 2 aliphatic rings. The fourth-order valence-corrected chi connectivity index (χ4v) is 4.28. The number of benzene rings is 3. The van der Waals surface area contributed by atoms with E-state index in [4.69, 9.17) is 37.9 Å². The van der Waals surface area contributed by atoms with Gasteiger partial charge in [-0.05, 0) is 24.3 Å². The molecule has 198 valence electrons. The first-order valence-electron chi connectivity index (χ1n) is 11.5. The number of rotatable bonds is 7. The molecule has 0 radical (unpaired) electrons. The van der Waals surface area contributed by atoms with E-state index in [-0.39, 0.29) is 12.4 Å². The molecule has 0 fully saturated rings. The average Bonchev–Trinajstić information content (AvgIpc) is 3.41. The van der Waals surface area contributed by atoms with Crippen molar-refractivity contribution in [2.24, 2.45) is 0 Å². The Morgan fingerprint density at radius 2 is 1.58 bits per heavy atom. The quantitative estimate of drug-likeness (QED) is 0.478. The molecule has 0 saturated carbocycles. The van der Waals surface area contributed by atoms with Crippen LogP contribution in [0.15, 0.2) is 48.5 Å². The molecule has 5 rings (SSSR count). The molecule has 2 heterocycles. The minimum atomic E-state index is -1.31. The van der Waals surface area contributed by atoms with Gasteiger partial charge in [0.2, 0.25) is 24.4 Å². The van der Waals surface area contributed by atoms with E-state index < -0.39 is 24.1 Å². The molecule has 11 heteroatoms. The predicted molar refractivity (Wildman–Crippen MR) is 133 cm³/mol. The summed E-state index contributed by atoms with van der Waals surface area (Å²) in [5, 5.41) is 2.62. The molecule has 38 heavy (non-hydrogen) atoms. The molecule has 11 nitrogen and oxygen atoms in total. The molecule has 0 spiro atoms. The van der Waals surface area contributed by atoms with Crippen LogP contribution in [0.25, 0.3) is 0 Å². The highest BCUT2D eigenvalue weighted by atomic mass is 16.7. The van der Waals surface area contributed by atoms with E-state index >= 15 is 0 Å². The van der Waals surface area contributed by atoms with Crippen LogP contribution in [0.4, 0.5) is 10.5 Å². The molecular weight excluding hydrogens is 498 g/mol. The van der Waals surface area contributed by atoms with Gasteiger partial charge in [0.15, 0.2) is 29.1 Å². The van der Waals surface area contributed by atoms with Crippen LogP contribution in [0.5, 0.6) is 40.2 Å². The minimum absolute atomic E-state index is 0.0837. The van der Waals surface area contributed by atoms with Crippen molar-refractivity contribution in [1.29, 1.82) is 0 Å². The van der Waals surface area contributed by atoms with Gasteiger partial charge in [-0.25, -0.2) is 4.79 Å². The maximum Gasteiger partial charge on any atom is 0.412 e. The van der Waals surface area contributed by atoms with Crippen LogP contribution < -0.4 is 38.5 Å². The van der Waals surface area contributed by atoms with Gasteiger partial charge in [-0.15, -0.1) is 0 Å². The molecular formula is C27H25NO10. The van der Waals surface area contributed by atoms with E-state index in [0.717, 1.165) is 0 Å². The van der Waals surface area contributed by atoms with Crippen molar-refractivity contribution < 1.29 is 47.5 Å². The topological polar surface area (TPSA) is 120 Å². The number of carbonyl (C=O) groups is 2. The highest BCUT2D eigenvalue weighted by molar-refractivity contribution is 6.04. The summed E-state index contributed by atoms with van der Waals surface area (Å²) in [4.78, 5) is 26.6. The summed E-state index contributed by atoms with van der Waals surface area (Å²) < 4.78 is 44.0. The van der Waals surface area contributed by atoms with Crippen LogP contribution in [-0.2, 0) is 4.74 Å². The van der Waals surface area contributed by atoms with E-state index in [1.807, 2.05) is 0 Å². The van der Waals surface area contributed by atoms with Crippen molar-refractivity contribution in [2.45, 2.75) is 12.2 Å². The molecule has 3 aromatic rings. The molecule has 2 atom stereocenters. The van der Waals surface area contributed by atoms with Gasteiger partial charge in [-0.3, -0.25) is 10.1 Å². The van der Waals surface area contributed by atoms with Crippen LogP contribution in [-0.4, -0.2) is 53.2 Å². The fraction of sp³-hybridized carbons (Fsp3) is 0.259. The zero-order valence-electron chi connectivity index (χ0n) is 21.1. The summed E-state index contributed by atoms with van der Waals surface area (Å²) in [5.41, 5.74) is 1.12. The molecule has 3 aromatic carbocycles. The lowest BCUT2D eigenvalue weighted by molar-refractivity contribution is 0.0131. The number of fused-ring (bicyclic) bond motifs is 2. The van der Waals surface area contributed by atoms with Gasteiger partial charge in [-0.1, -0.05) is 6.07 Å². The van der Waals surface area contributed by atoms with E-state index in [0.29, 0.717) is 51.5 Å². The monoisotopic (exact) mass is 523 g/mol. The third-order valence-electron chi connectivity index (χ3n) is 6.11. The lowest BCUT2D eigenvalue weighted by atomic mass is 9.93. The zero-order chi connectivity index (χ0) is 26.8. The van der Waals surface area contributed by atoms with E-state index in [1.54, 1.807) is 48.5 Å². The number of hydrogen-bond acceptors (Lipinski definition) is 10. The number of hydrogen-bond donors (Lipinski definition) is 1. The lowest BCUT2D eigenvalue weighted by Crippen LogP contribution is -2.40. The van der Waals surface area contributed by atoms with Gasteiger partial charge in [0.1, 0.15) is 11.5 Å². The van der Waals surface area contributed by atoms with Crippen LogP contribution in [0, 0.1) is 0 Å². The van der Waals surface area contributed by atoms with Crippen molar-refractivity contribution in [1.82, 2.24) is 0 Å². The SMILES string of the molecule is COc1ccc2c(c1)O[C@H](c1ccc3c(c1)OCO3)[C@@H](OC(=O)Nc1cc(OC)c(OC)c(OC)c1)C2=O.